The van der Waals surface area contributed by atoms with Gasteiger partial charge in [-0.05, 0) is 43.2 Å². The quantitative estimate of drug-likeness (QED) is 0.834. The minimum atomic E-state index is -0.126. The number of carbonyl (C=O) groups is 1. The van der Waals surface area contributed by atoms with Crippen LogP contribution in [0.5, 0.6) is 0 Å². The zero-order valence-electron chi connectivity index (χ0n) is 12.6. The van der Waals surface area contributed by atoms with Gasteiger partial charge in [-0.2, -0.15) is 5.10 Å². The average Bonchev–Trinajstić information content (AvgIpc) is 2.45. The molecule has 0 aromatic heterocycles. The van der Waals surface area contributed by atoms with Gasteiger partial charge in [0, 0.05) is 17.2 Å². The molecule has 0 bridgehead atoms. The Balaban J connectivity index is 2.06. The lowest BCUT2D eigenvalue weighted by atomic mass is 9.76. The molecule has 1 saturated carbocycles. The molecule has 2 rings (SSSR count). The fraction of sp³-hybridized carbons (Fsp3) is 0.529. The van der Waals surface area contributed by atoms with Crippen molar-refractivity contribution in [2.45, 2.75) is 40.0 Å². The zero-order valence-corrected chi connectivity index (χ0v) is 12.6. The molecule has 0 saturated heterocycles. The van der Waals surface area contributed by atoms with Crippen LogP contribution < -0.4 is 5.43 Å². The van der Waals surface area contributed by atoms with Gasteiger partial charge in [0.05, 0.1) is 0 Å². The van der Waals surface area contributed by atoms with E-state index in [-0.39, 0.29) is 5.91 Å². The minimum absolute atomic E-state index is 0.126. The summed E-state index contributed by atoms with van der Waals surface area (Å²) < 4.78 is 0. The number of nitrogens with zero attached hydrogens (tertiary/aromatic N) is 1. The molecular weight excluding hydrogens is 248 g/mol. The number of benzene rings is 1. The Kier molecular flexibility index (Phi) is 4.94. The Bertz CT molecular complexity index is 479. The number of amides is 1. The molecule has 0 radical (unpaired) electrons. The fourth-order valence-corrected chi connectivity index (χ4v) is 2.86. The SMILES string of the molecule is CC1CCC(C(C)C)/C(=N/NC(=O)c2ccccc2)C1. The predicted molar refractivity (Wildman–Crippen MR) is 82.7 cm³/mol. The number of hydrazone groups is 1. The summed E-state index contributed by atoms with van der Waals surface area (Å²) in [7, 11) is 0. The lowest BCUT2D eigenvalue weighted by Crippen LogP contribution is -2.31. The van der Waals surface area contributed by atoms with E-state index in [9.17, 15) is 4.79 Å². The van der Waals surface area contributed by atoms with Gasteiger partial charge in [0.1, 0.15) is 0 Å². The standard InChI is InChI=1S/C17H24N2O/c1-12(2)15-10-9-13(3)11-16(15)18-19-17(20)14-7-5-4-6-8-14/h4-8,12-13,15H,9-11H2,1-3H3,(H,19,20)/b18-16+. The third-order valence-electron chi connectivity index (χ3n) is 4.10. The Morgan fingerprint density at radius 3 is 2.60 bits per heavy atom. The Labute approximate surface area is 121 Å². The molecule has 0 heterocycles. The van der Waals surface area contributed by atoms with Gasteiger partial charge in [0.15, 0.2) is 0 Å². The largest absolute Gasteiger partial charge is 0.271 e. The van der Waals surface area contributed by atoms with E-state index < -0.39 is 0 Å². The topological polar surface area (TPSA) is 41.5 Å². The van der Waals surface area contributed by atoms with Crippen LogP contribution in [-0.2, 0) is 0 Å². The van der Waals surface area contributed by atoms with Crippen molar-refractivity contribution in [2.24, 2.45) is 22.9 Å². The maximum atomic E-state index is 12.0. The summed E-state index contributed by atoms with van der Waals surface area (Å²) in [6.07, 6.45) is 3.44. The second-order valence-corrected chi connectivity index (χ2v) is 6.15. The van der Waals surface area contributed by atoms with Crippen LogP contribution >= 0.6 is 0 Å². The van der Waals surface area contributed by atoms with E-state index in [2.05, 4.69) is 31.3 Å². The number of hydrogen-bond acceptors (Lipinski definition) is 2. The van der Waals surface area contributed by atoms with E-state index in [1.165, 1.54) is 12.8 Å². The van der Waals surface area contributed by atoms with Crippen LogP contribution in [0.25, 0.3) is 0 Å². The molecular formula is C17H24N2O. The molecule has 2 atom stereocenters. The number of nitrogens with one attached hydrogen (secondary N) is 1. The van der Waals surface area contributed by atoms with Gasteiger partial charge in [-0.25, -0.2) is 5.43 Å². The van der Waals surface area contributed by atoms with Crippen molar-refractivity contribution in [3.05, 3.63) is 35.9 Å². The fourth-order valence-electron chi connectivity index (χ4n) is 2.86. The molecule has 1 aliphatic rings. The average molecular weight is 272 g/mol. The highest BCUT2D eigenvalue weighted by Gasteiger charge is 2.27. The maximum absolute atomic E-state index is 12.0. The Morgan fingerprint density at radius 2 is 1.95 bits per heavy atom. The molecule has 1 fully saturated rings. The zero-order chi connectivity index (χ0) is 14.5. The monoisotopic (exact) mass is 272 g/mol. The lowest BCUT2D eigenvalue weighted by Gasteiger charge is -2.30. The molecule has 3 heteroatoms. The van der Waals surface area contributed by atoms with Crippen molar-refractivity contribution in [1.82, 2.24) is 5.43 Å². The molecule has 1 N–H and O–H groups in total. The molecule has 0 aliphatic heterocycles. The van der Waals surface area contributed by atoms with E-state index in [1.54, 1.807) is 12.1 Å². The molecule has 2 unspecified atom stereocenters. The summed E-state index contributed by atoms with van der Waals surface area (Å²) in [5.41, 5.74) is 4.53. The van der Waals surface area contributed by atoms with Gasteiger partial charge in [0.2, 0.25) is 0 Å². The van der Waals surface area contributed by atoms with Gasteiger partial charge in [0.25, 0.3) is 5.91 Å². The van der Waals surface area contributed by atoms with Crippen LogP contribution in [0.3, 0.4) is 0 Å². The van der Waals surface area contributed by atoms with Crippen molar-refractivity contribution >= 4 is 11.6 Å². The molecule has 1 aromatic rings. The first kappa shape index (κ1) is 14.8. The van der Waals surface area contributed by atoms with E-state index >= 15 is 0 Å². The molecule has 20 heavy (non-hydrogen) atoms. The van der Waals surface area contributed by atoms with Crippen LogP contribution in [0.15, 0.2) is 35.4 Å². The molecule has 1 aliphatic carbocycles. The van der Waals surface area contributed by atoms with Crippen molar-refractivity contribution in [2.75, 3.05) is 0 Å². The highest BCUT2D eigenvalue weighted by atomic mass is 16.2. The summed E-state index contributed by atoms with van der Waals surface area (Å²) >= 11 is 0. The van der Waals surface area contributed by atoms with Crippen LogP contribution in [0.2, 0.25) is 0 Å². The first-order chi connectivity index (χ1) is 9.58. The normalized spacial score (nSPS) is 24.9. The van der Waals surface area contributed by atoms with Crippen molar-refractivity contribution in [1.29, 1.82) is 0 Å². The van der Waals surface area contributed by atoms with Crippen LogP contribution in [0.4, 0.5) is 0 Å². The highest BCUT2D eigenvalue weighted by molar-refractivity contribution is 5.96. The third-order valence-corrected chi connectivity index (χ3v) is 4.10. The van der Waals surface area contributed by atoms with Gasteiger partial charge in [-0.15, -0.1) is 0 Å². The minimum Gasteiger partial charge on any atom is -0.267 e. The Morgan fingerprint density at radius 1 is 1.25 bits per heavy atom. The van der Waals surface area contributed by atoms with Gasteiger partial charge < -0.3 is 0 Å². The number of hydrogen-bond donors (Lipinski definition) is 1. The van der Waals surface area contributed by atoms with Crippen molar-refractivity contribution in [3.8, 4) is 0 Å². The molecule has 108 valence electrons. The summed E-state index contributed by atoms with van der Waals surface area (Å²) in [5, 5.41) is 4.43. The van der Waals surface area contributed by atoms with Gasteiger partial charge >= 0.3 is 0 Å². The molecule has 0 spiro atoms. The van der Waals surface area contributed by atoms with Crippen LogP contribution in [-0.4, -0.2) is 11.6 Å². The Hall–Kier alpha value is -1.64. The summed E-state index contributed by atoms with van der Waals surface area (Å²) in [6, 6.07) is 9.24. The van der Waals surface area contributed by atoms with Gasteiger partial charge in [-0.3, -0.25) is 4.79 Å². The van der Waals surface area contributed by atoms with Crippen LogP contribution in [0, 0.1) is 17.8 Å². The predicted octanol–water partition coefficient (Wildman–Crippen LogP) is 3.86. The molecule has 3 nitrogen and oxygen atoms in total. The number of rotatable bonds is 3. The second-order valence-electron chi connectivity index (χ2n) is 6.15. The summed E-state index contributed by atoms with van der Waals surface area (Å²) in [5.74, 6) is 1.62. The smallest absolute Gasteiger partial charge is 0.267 e. The van der Waals surface area contributed by atoms with Crippen molar-refractivity contribution in [3.63, 3.8) is 0 Å². The van der Waals surface area contributed by atoms with E-state index in [1.807, 2.05) is 18.2 Å². The van der Waals surface area contributed by atoms with E-state index in [0.29, 0.717) is 23.3 Å². The second kappa shape index (κ2) is 6.69. The molecule has 1 amide bonds. The highest BCUT2D eigenvalue weighted by Crippen LogP contribution is 2.31. The summed E-state index contributed by atoms with van der Waals surface area (Å²) in [6.45, 7) is 6.72. The van der Waals surface area contributed by atoms with Gasteiger partial charge in [-0.1, -0.05) is 39.0 Å². The van der Waals surface area contributed by atoms with E-state index in [0.717, 1.165) is 12.1 Å². The lowest BCUT2D eigenvalue weighted by molar-refractivity contribution is 0.0954. The van der Waals surface area contributed by atoms with Crippen molar-refractivity contribution < 1.29 is 4.79 Å². The summed E-state index contributed by atoms with van der Waals surface area (Å²) in [4.78, 5) is 12.0. The van der Waals surface area contributed by atoms with Crippen LogP contribution in [0.1, 0.15) is 50.4 Å². The molecule has 1 aromatic carbocycles. The first-order valence-electron chi connectivity index (χ1n) is 7.49. The number of carbonyl (C=O) groups excluding carboxylic acids is 1. The van der Waals surface area contributed by atoms with E-state index in [4.69, 9.17) is 0 Å². The maximum Gasteiger partial charge on any atom is 0.271 e. The third kappa shape index (κ3) is 3.69. The first-order valence-corrected chi connectivity index (χ1v) is 7.49.